The average molecular weight is 155 g/mol. The molecule has 1 aromatic rings. The van der Waals surface area contributed by atoms with Crippen LogP contribution in [0.5, 0.6) is 0 Å². The molecule has 0 fully saturated rings. The molecule has 0 amide bonds. The third kappa shape index (κ3) is 2.53. The van der Waals surface area contributed by atoms with Gasteiger partial charge in [-0.15, -0.1) is 0 Å². The SMILES string of the molecule is NNCNc1cccc(F)c1. The van der Waals surface area contributed by atoms with Gasteiger partial charge >= 0.3 is 0 Å². The molecule has 0 heterocycles. The van der Waals surface area contributed by atoms with Crippen molar-refractivity contribution in [3.8, 4) is 0 Å². The molecular weight excluding hydrogens is 145 g/mol. The first-order chi connectivity index (χ1) is 5.33. The minimum Gasteiger partial charge on any atom is -0.371 e. The molecule has 4 heteroatoms. The number of benzene rings is 1. The van der Waals surface area contributed by atoms with Gasteiger partial charge < -0.3 is 5.32 Å². The van der Waals surface area contributed by atoms with Gasteiger partial charge in [-0.25, -0.2) is 9.82 Å². The Labute approximate surface area is 64.4 Å². The van der Waals surface area contributed by atoms with Crippen molar-refractivity contribution in [1.29, 1.82) is 0 Å². The van der Waals surface area contributed by atoms with E-state index in [-0.39, 0.29) is 5.82 Å². The van der Waals surface area contributed by atoms with Crippen molar-refractivity contribution in [2.75, 3.05) is 12.0 Å². The molecule has 0 unspecified atom stereocenters. The van der Waals surface area contributed by atoms with Crippen molar-refractivity contribution in [1.82, 2.24) is 5.43 Å². The molecule has 11 heavy (non-hydrogen) atoms. The second-order valence-corrected chi connectivity index (χ2v) is 2.07. The molecular formula is C7H10FN3. The number of hydrogen-bond donors (Lipinski definition) is 3. The quantitative estimate of drug-likeness (QED) is 0.341. The van der Waals surface area contributed by atoms with Crippen molar-refractivity contribution in [3.63, 3.8) is 0 Å². The maximum Gasteiger partial charge on any atom is 0.125 e. The zero-order valence-electron chi connectivity index (χ0n) is 5.97. The number of nitrogens with two attached hydrogens (primary N) is 1. The van der Waals surface area contributed by atoms with Gasteiger partial charge in [-0.1, -0.05) is 6.07 Å². The van der Waals surface area contributed by atoms with Crippen molar-refractivity contribution in [3.05, 3.63) is 30.1 Å². The van der Waals surface area contributed by atoms with E-state index in [4.69, 9.17) is 5.84 Å². The molecule has 60 valence electrons. The molecule has 3 nitrogen and oxygen atoms in total. The molecule has 0 aromatic heterocycles. The Bertz CT molecular complexity index is 227. The predicted octanol–water partition coefficient (Wildman–Crippen LogP) is 0.658. The molecule has 0 aliphatic heterocycles. The average Bonchev–Trinajstić information content (AvgIpc) is 2.01. The number of hydrazine groups is 1. The normalized spacial score (nSPS) is 9.64. The highest BCUT2D eigenvalue weighted by Gasteiger charge is 1.91. The summed E-state index contributed by atoms with van der Waals surface area (Å²) in [5.74, 6) is 4.75. The van der Waals surface area contributed by atoms with Crippen LogP contribution in [0.15, 0.2) is 24.3 Å². The molecule has 0 bridgehead atoms. The summed E-state index contributed by atoms with van der Waals surface area (Å²) < 4.78 is 12.5. The minimum atomic E-state index is -0.257. The monoisotopic (exact) mass is 155 g/mol. The zero-order valence-corrected chi connectivity index (χ0v) is 5.97. The lowest BCUT2D eigenvalue weighted by atomic mass is 10.3. The van der Waals surface area contributed by atoms with Gasteiger partial charge in [0, 0.05) is 5.69 Å². The topological polar surface area (TPSA) is 50.1 Å². The molecule has 0 aliphatic carbocycles. The van der Waals surface area contributed by atoms with E-state index in [1.54, 1.807) is 12.1 Å². The molecule has 0 saturated heterocycles. The highest BCUT2D eigenvalue weighted by molar-refractivity contribution is 5.42. The zero-order chi connectivity index (χ0) is 8.10. The molecule has 0 saturated carbocycles. The van der Waals surface area contributed by atoms with Gasteiger partial charge in [-0.05, 0) is 18.2 Å². The largest absolute Gasteiger partial charge is 0.371 e. The third-order valence-corrected chi connectivity index (χ3v) is 1.22. The molecule has 1 aromatic carbocycles. The molecule has 0 radical (unpaired) electrons. The number of anilines is 1. The van der Waals surface area contributed by atoms with Crippen LogP contribution in [0.4, 0.5) is 10.1 Å². The van der Waals surface area contributed by atoms with Gasteiger partial charge in [0.25, 0.3) is 0 Å². The van der Waals surface area contributed by atoms with Crippen molar-refractivity contribution in [2.45, 2.75) is 0 Å². The van der Waals surface area contributed by atoms with Crippen LogP contribution in [-0.2, 0) is 0 Å². The fourth-order valence-corrected chi connectivity index (χ4v) is 0.752. The van der Waals surface area contributed by atoms with E-state index in [9.17, 15) is 4.39 Å². The van der Waals surface area contributed by atoms with Crippen LogP contribution in [-0.4, -0.2) is 6.67 Å². The van der Waals surface area contributed by atoms with Crippen LogP contribution in [0.25, 0.3) is 0 Å². The van der Waals surface area contributed by atoms with Gasteiger partial charge in [0.15, 0.2) is 0 Å². The Morgan fingerprint density at radius 1 is 1.45 bits per heavy atom. The summed E-state index contributed by atoms with van der Waals surface area (Å²) in [4.78, 5) is 0. The van der Waals surface area contributed by atoms with Crippen LogP contribution < -0.4 is 16.6 Å². The summed E-state index contributed by atoms with van der Waals surface area (Å²) in [6.07, 6.45) is 0. The van der Waals surface area contributed by atoms with Crippen LogP contribution in [0.3, 0.4) is 0 Å². The van der Waals surface area contributed by atoms with Crippen LogP contribution >= 0.6 is 0 Å². The van der Waals surface area contributed by atoms with E-state index in [0.717, 1.165) is 0 Å². The first-order valence-electron chi connectivity index (χ1n) is 3.26. The summed E-state index contributed by atoms with van der Waals surface area (Å²) in [5.41, 5.74) is 3.11. The Kier molecular flexibility index (Phi) is 2.83. The lowest BCUT2D eigenvalue weighted by Gasteiger charge is -2.03. The summed E-state index contributed by atoms with van der Waals surface area (Å²) >= 11 is 0. The highest BCUT2D eigenvalue weighted by Crippen LogP contribution is 2.07. The lowest BCUT2D eigenvalue weighted by Crippen LogP contribution is -2.28. The molecule has 4 N–H and O–H groups in total. The van der Waals surface area contributed by atoms with Crippen LogP contribution in [0, 0.1) is 5.82 Å². The second kappa shape index (κ2) is 3.90. The van der Waals surface area contributed by atoms with E-state index in [1.807, 2.05) is 0 Å². The van der Waals surface area contributed by atoms with Crippen LogP contribution in [0.2, 0.25) is 0 Å². The summed E-state index contributed by atoms with van der Waals surface area (Å²) in [7, 11) is 0. The Morgan fingerprint density at radius 3 is 2.91 bits per heavy atom. The van der Waals surface area contributed by atoms with Crippen molar-refractivity contribution in [2.24, 2.45) is 5.84 Å². The van der Waals surface area contributed by atoms with Gasteiger partial charge in [0.05, 0.1) is 6.67 Å². The van der Waals surface area contributed by atoms with Gasteiger partial charge in [-0.3, -0.25) is 5.84 Å². The van der Waals surface area contributed by atoms with Crippen molar-refractivity contribution >= 4 is 5.69 Å². The Morgan fingerprint density at radius 2 is 2.27 bits per heavy atom. The summed E-state index contributed by atoms with van der Waals surface area (Å²) in [5, 5.41) is 2.86. The lowest BCUT2D eigenvalue weighted by molar-refractivity contribution is 0.628. The van der Waals surface area contributed by atoms with Gasteiger partial charge in [0.2, 0.25) is 0 Å². The molecule has 0 aliphatic rings. The maximum absolute atomic E-state index is 12.5. The number of nitrogens with one attached hydrogen (secondary N) is 2. The summed E-state index contributed by atoms with van der Waals surface area (Å²) in [6, 6.07) is 6.19. The van der Waals surface area contributed by atoms with Crippen molar-refractivity contribution < 1.29 is 4.39 Å². The third-order valence-electron chi connectivity index (χ3n) is 1.22. The predicted molar refractivity (Wildman–Crippen MR) is 42.2 cm³/mol. The van der Waals surface area contributed by atoms with Gasteiger partial charge in [-0.2, -0.15) is 0 Å². The van der Waals surface area contributed by atoms with E-state index < -0.39 is 0 Å². The second-order valence-electron chi connectivity index (χ2n) is 2.07. The van der Waals surface area contributed by atoms with E-state index >= 15 is 0 Å². The first-order valence-corrected chi connectivity index (χ1v) is 3.26. The Hall–Kier alpha value is -1.13. The van der Waals surface area contributed by atoms with Gasteiger partial charge in [0.1, 0.15) is 5.82 Å². The summed E-state index contributed by atoms with van der Waals surface area (Å²) in [6.45, 7) is 0.420. The van der Waals surface area contributed by atoms with E-state index in [1.165, 1.54) is 12.1 Å². The standard InChI is InChI=1S/C7H10FN3/c8-6-2-1-3-7(4-6)10-5-11-9/h1-4,10-11H,5,9H2. The van der Waals surface area contributed by atoms with Crippen LogP contribution in [0.1, 0.15) is 0 Å². The molecule has 0 spiro atoms. The van der Waals surface area contributed by atoms with E-state index in [0.29, 0.717) is 12.4 Å². The first kappa shape index (κ1) is 7.97. The number of rotatable bonds is 3. The number of halogens is 1. The fraction of sp³-hybridized carbons (Fsp3) is 0.143. The number of hydrogen-bond acceptors (Lipinski definition) is 3. The molecule has 0 atom stereocenters. The molecule has 1 rings (SSSR count). The van der Waals surface area contributed by atoms with E-state index in [2.05, 4.69) is 10.7 Å². The smallest absolute Gasteiger partial charge is 0.125 e. The fourth-order valence-electron chi connectivity index (χ4n) is 0.752. The highest BCUT2D eigenvalue weighted by atomic mass is 19.1. The Balaban J connectivity index is 2.56. The minimum absolute atomic E-state index is 0.257. The maximum atomic E-state index is 12.5.